The van der Waals surface area contributed by atoms with Crippen LogP contribution in [-0.4, -0.2) is 50.8 Å². The third kappa shape index (κ3) is 3.17. The molecular weight excluding hydrogens is 485 g/mol. The number of benzene rings is 1. The summed E-state index contributed by atoms with van der Waals surface area (Å²) < 4.78 is 50.5. The molecule has 0 N–H and O–H groups in total. The van der Waals surface area contributed by atoms with E-state index in [1.54, 1.807) is 52.3 Å². The number of halogens is 3. The number of imidazole rings is 1. The summed E-state index contributed by atoms with van der Waals surface area (Å²) in [7, 11) is 0. The van der Waals surface area contributed by atoms with E-state index in [1.807, 2.05) is 6.92 Å². The van der Waals surface area contributed by atoms with Crippen molar-refractivity contribution in [2.24, 2.45) is 5.92 Å². The number of carbonyl (C=O) groups excluding carboxylic acids is 1. The van der Waals surface area contributed by atoms with Gasteiger partial charge in [0.25, 0.3) is 11.5 Å². The van der Waals surface area contributed by atoms with Crippen molar-refractivity contribution in [1.82, 2.24) is 19.0 Å². The van der Waals surface area contributed by atoms with E-state index in [-0.39, 0.29) is 30.2 Å². The molecule has 37 heavy (non-hydrogen) atoms. The van der Waals surface area contributed by atoms with Gasteiger partial charge in [-0.1, -0.05) is 12.1 Å². The van der Waals surface area contributed by atoms with Crippen molar-refractivity contribution in [3.8, 4) is 11.4 Å². The summed E-state index contributed by atoms with van der Waals surface area (Å²) in [6, 6.07) is 8.19. The first-order valence-electron chi connectivity index (χ1n) is 12.5. The highest BCUT2D eigenvalue weighted by Crippen LogP contribution is 2.63. The van der Waals surface area contributed by atoms with Gasteiger partial charge in [-0.3, -0.25) is 9.59 Å². The van der Waals surface area contributed by atoms with Crippen LogP contribution in [0, 0.1) is 12.8 Å². The van der Waals surface area contributed by atoms with Gasteiger partial charge in [-0.25, -0.2) is 4.98 Å². The maximum atomic E-state index is 13.8. The number of rotatable bonds is 4. The molecule has 0 saturated heterocycles. The molecule has 10 heteroatoms. The smallest absolute Gasteiger partial charge is 0.398 e. The first kappa shape index (κ1) is 22.6. The molecule has 2 aromatic heterocycles. The van der Waals surface area contributed by atoms with Crippen molar-refractivity contribution >= 4 is 5.91 Å². The highest BCUT2D eigenvalue weighted by Gasteiger charge is 2.65. The number of hydrogen-bond donors (Lipinski definition) is 0. The number of ether oxygens (including phenoxy) is 1. The summed E-state index contributed by atoms with van der Waals surface area (Å²) >= 11 is 0. The van der Waals surface area contributed by atoms with Crippen LogP contribution in [0.2, 0.25) is 0 Å². The van der Waals surface area contributed by atoms with Crippen LogP contribution in [0.25, 0.3) is 5.69 Å². The van der Waals surface area contributed by atoms with Crippen LogP contribution in [0.5, 0.6) is 5.75 Å². The Labute approximate surface area is 210 Å². The van der Waals surface area contributed by atoms with Gasteiger partial charge in [0.1, 0.15) is 17.1 Å². The van der Waals surface area contributed by atoms with Gasteiger partial charge in [-0.05, 0) is 49.9 Å². The van der Waals surface area contributed by atoms with Crippen LogP contribution in [0.1, 0.15) is 46.6 Å². The van der Waals surface area contributed by atoms with Crippen LogP contribution in [0.3, 0.4) is 0 Å². The first-order chi connectivity index (χ1) is 17.6. The van der Waals surface area contributed by atoms with Crippen LogP contribution in [0.4, 0.5) is 13.2 Å². The van der Waals surface area contributed by atoms with E-state index < -0.39 is 17.0 Å². The predicted octanol–water partition coefficient (Wildman–Crippen LogP) is 3.74. The zero-order chi connectivity index (χ0) is 25.7. The van der Waals surface area contributed by atoms with Gasteiger partial charge in [0.05, 0.1) is 24.0 Å². The highest BCUT2D eigenvalue weighted by atomic mass is 19.4. The Hall–Kier alpha value is -3.56. The summed E-state index contributed by atoms with van der Waals surface area (Å²) in [5.41, 5.74) is 0.154. The average molecular weight is 511 g/mol. The average Bonchev–Trinajstić information content (AvgIpc) is 3.77. The monoisotopic (exact) mass is 510 g/mol. The molecule has 7 rings (SSSR count). The lowest BCUT2D eigenvalue weighted by Gasteiger charge is -2.35. The third-order valence-corrected chi connectivity index (χ3v) is 8.75. The number of alkyl halides is 3. The fraction of sp³-hybridized carbons (Fsp3) is 0.444. The van der Waals surface area contributed by atoms with Crippen molar-refractivity contribution < 1.29 is 22.7 Å². The van der Waals surface area contributed by atoms with Crippen molar-refractivity contribution in [3.05, 3.63) is 75.7 Å². The Bertz CT molecular complexity index is 1520. The van der Waals surface area contributed by atoms with Gasteiger partial charge in [0.15, 0.2) is 0 Å². The molecule has 1 amide bonds. The second kappa shape index (κ2) is 7.26. The molecule has 0 bridgehead atoms. The van der Waals surface area contributed by atoms with Gasteiger partial charge < -0.3 is 18.8 Å². The molecule has 0 radical (unpaired) electrons. The van der Waals surface area contributed by atoms with E-state index in [4.69, 9.17) is 4.74 Å². The molecule has 2 saturated carbocycles. The van der Waals surface area contributed by atoms with Gasteiger partial charge in [-0.2, -0.15) is 13.2 Å². The van der Waals surface area contributed by atoms with Crippen molar-refractivity contribution in [1.29, 1.82) is 0 Å². The summed E-state index contributed by atoms with van der Waals surface area (Å²) in [4.78, 5) is 32.6. The van der Waals surface area contributed by atoms with Crippen LogP contribution < -0.4 is 10.3 Å². The van der Waals surface area contributed by atoms with Gasteiger partial charge in [-0.15, -0.1) is 0 Å². The number of fused-ring (bicyclic) bond motifs is 4. The lowest BCUT2D eigenvalue weighted by atomic mass is 9.85. The summed E-state index contributed by atoms with van der Waals surface area (Å²) in [6.07, 6.45) is 0.00379. The number of amides is 1. The predicted molar refractivity (Wildman–Crippen MR) is 127 cm³/mol. The molecule has 2 aliphatic heterocycles. The van der Waals surface area contributed by atoms with Crippen molar-refractivity contribution in [2.45, 2.75) is 49.7 Å². The fourth-order valence-corrected chi connectivity index (χ4v) is 6.30. The maximum Gasteiger partial charge on any atom is 0.398 e. The standard InChI is InChI=1S/C27H25F3N4O3/c1-16-12-33(15-31-16)20-3-4-21-23(35)32(8-9-34(21)24(20)36)14-25-11-18(25)13-37-22-5-2-17(10-19(22)25)26(6-7-26)27(28,29)30/h2-5,10,12,15,18H,6-9,11,13-14H2,1H3/t18-,25+/m1/s1. The van der Waals surface area contributed by atoms with E-state index in [9.17, 15) is 22.8 Å². The van der Waals surface area contributed by atoms with Crippen LogP contribution in [-0.2, 0) is 17.4 Å². The van der Waals surface area contributed by atoms with Crippen molar-refractivity contribution in [3.63, 3.8) is 0 Å². The van der Waals surface area contributed by atoms with E-state index in [0.717, 1.165) is 17.7 Å². The molecule has 4 aliphatic rings. The van der Waals surface area contributed by atoms with Gasteiger partial charge >= 0.3 is 6.18 Å². The molecule has 1 aromatic carbocycles. The second-order valence-corrected chi connectivity index (χ2v) is 10.9. The lowest BCUT2D eigenvalue weighted by Crippen LogP contribution is -2.48. The Kier molecular flexibility index (Phi) is 4.44. The van der Waals surface area contributed by atoms with Gasteiger partial charge in [0.2, 0.25) is 0 Å². The maximum absolute atomic E-state index is 13.8. The molecule has 7 nitrogen and oxygen atoms in total. The largest absolute Gasteiger partial charge is 0.493 e. The molecule has 3 aromatic rings. The van der Waals surface area contributed by atoms with Crippen LogP contribution in [0.15, 0.2) is 47.7 Å². The van der Waals surface area contributed by atoms with Crippen LogP contribution >= 0.6 is 0 Å². The highest BCUT2D eigenvalue weighted by molar-refractivity contribution is 5.93. The number of hydrogen-bond acceptors (Lipinski definition) is 4. The minimum absolute atomic E-state index is 0.101. The van der Waals surface area contributed by atoms with E-state index in [1.165, 1.54) is 4.57 Å². The number of carbonyl (C=O) groups is 1. The number of aromatic nitrogens is 3. The Morgan fingerprint density at radius 3 is 2.65 bits per heavy atom. The minimum Gasteiger partial charge on any atom is -0.493 e. The molecule has 4 heterocycles. The summed E-state index contributed by atoms with van der Waals surface area (Å²) in [5, 5.41) is 0. The minimum atomic E-state index is -4.29. The topological polar surface area (TPSA) is 69.4 Å². The summed E-state index contributed by atoms with van der Waals surface area (Å²) in [5.74, 6) is 0.520. The molecular formula is C27H25F3N4O3. The Morgan fingerprint density at radius 2 is 1.95 bits per heavy atom. The SMILES string of the molecule is Cc1cn(-c2ccc3n(c2=O)CCN(C[C@@]24C[C@@H]2COc2ccc(C5(C(F)(F)F)CC5)cc24)C3=O)cn1. The quantitative estimate of drug-likeness (QED) is 0.536. The van der Waals surface area contributed by atoms with E-state index in [0.29, 0.717) is 48.9 Å². The van der Waals surface area contributed by atoms with Crippen molar-refractivity contribution in [2.75, 3.05) is 19.7 Å². The fourth-order valence-electron chi connectivity index (χ4n) is 6.30. The second-order valence-electron chi connectivity index (χ2n) is 10.9. The van der Waals surface area contributed by atoms with E-state index in [2.05, 4.69) is 4.98 Å². The lowest BCUT2D eigenvalue weighted by molar-refractivity contribution is -0.160. The number of pyridine rings is 1. The Balaban J connectivity index is 1.20. The molecule has 2 aliphatic carbocycles. The summed E-state index contributed by atoms with van der Waals surface area (Å²) in [6.45, 7) is 3.43. The number of nitrogens with zero attached hydrogens (tertiary/aromatic N) is 4. The molecule has 2 atom stereocenters. The third-order valence-electron chi connectivity index (χ3n) is 8.75. The molecule has 2 fully saturated rings. The first-order valence-corrected chi connectivity index (χ1v) is 12.5. The van der Waals surface area contributed by atoms with E-state index >= 15 is 0 Å². The molecule has 192 valence electrons. The normalized spacial score (nSPS) is 25.1. The zero-order valence-electron chi connectivity index (χ0n) is 20.2. The molecule has 0 unspecified atom stereocenters. The molecule has 0 spiro atoms. The zero-order valence-corrected chi connectivity index (χ0v) is 20.2. The Morgan fingerprint density at radius 1 is 1.14 bits per heavy atom. The van der Waals surface area contributed by atoms with Gasteiger partial charge in [0, 0.05) is 42.7 Å². The number of aryl methyl sites for hydroxylation is 1.